The van der Waals surface area contributed by atoms with Gasteiger partial charge in [0.05, 0.1) is 4.90 Å². The third-order valence-electron chi connectivity index (χ3n) is 4.21. The second-order valence-electron chi connectivity index (χ2n) is 5.93. The van der Waals surface area contributed by atoms with Crippen LogP contribution in [0.4, 0.5) is 0 Å². The lowest BCUT2D eigenvalue weighted by atomic mass is 10.1. The predicted molar refractivity (Wildman–Crippen MR) is 96.5 cm³/mol. The van der Waals surface area contributed by atoms with Gasteiger partial charge in [0.15, 0.2) is 0 Å². The number of hydrogen-bond donors (Lipinski definition) is 2. The molecule has 0 unspecified atom stereocenters. The monoisotopic (exact) mass is 394 g/mol. The second-order valence-corrected chi connectivity index (χ2v) is 8.73. The van der Waals surface area contributed by atoms with Crippen molar-refractivity contribution >= 4 is 33.2 Å². The smallest absolute Gasteiger partial charge is 0.326 e. The maximum Gasteiger partial charge on any atom is 0.326 e. The van der Waals surface area contributed by atoms with Crippen LogP contribution in [0.1, 0.15) is 28.1 Å². The minimum Gasteiger partial charge on any atom is -0.480 e. The maximum atomic E-state index is 12.6. The largest absolute Gasteiger partial charge is 0.480 e. The van der Waals surface area contributed by atoms with Crippen LogP contribution in [0.2, 0.25) is 0 Å². The average molecular weight is 394 g/mol. The van der Waals surface area contributed by atoms with Crippen LogP contribution in [0.25, 0.3) is 0 Å². The lowest BCUT2D eigenvalue weighted by Gasteiger charge is -2.21. The van der Waals surface area contributed by atoms with Gasteiger partial charge in [0, 0.05) is 23.5 Å². The molecule has 9 heteroatoms. The summed E-state index contributed by atoms with van der Waals surface area (Å²) in [6, 6.07) is 8.48. The molecule has 1 aromatic carbocycles. The predicted octanol–water partition coefficient (Wildman–Crippen LogP) is 1.92. The molecule has 0 aliphatic carbocycles. The summed E-state index contributed by atoms with van der Waals surface area (Å²) >= 11 is 1.44. The number of benzene rings is 1. The number of nitrogens with zero attached hydrogens (tertiary/aromatic N) is 1. The van der Waals surface area contributed by atoms with Crippen LogP contribution in [0.5, 0.6) is 0 Å². The van der Waals surface area contributed by atoms with Crippen molar-refractivity contribution in [1.82, 2.24) is 9.62 Å². The topological polar surface area (TPSA) is 104 Å². The van der Waals surface area contributed by atoms with Gasteiger partial charge in [-0.05, 0) is 42.5 Å². The Kier molecular flexibility index (Phi) is 5.40. The van der Waals surface area contributed by atoms with E-state index in [4.69, 9.17) is 0 Å². The Bertz CT molecular complexity index is 909. The first-order valence-electron chi connectivity index (χ1n) is 8.04. The van der Waals surface area contributed by atoms with Crippen molar-refractivity contribution in [3.8, 4) is 0 Å². The molecule has 26 heavy (non-hydrogen) atoms. The summed E-state index contributed by atoms with van der Waals surface area (Å²) in [5.74, 6) is -1.51. The summed E-state index contributed by atoms with van der Waals surface area (Å²) in [4.78, 5) is 26.0. The molecule has 1 fully saturated rings. The van der Waals surface area contributed by atoms with Crippen molar-refractivity contribution in [1.29, 1.82) is 0 Å². The van der Waals surface area contributed by atoms with Gasteiger partial charge < -0.3 is 10.0 Å². The number of carboxylic acids is 1. The molecule has 0 spiro atoms. The van der Waals surface area contributed by atoms with E-state index >= 15 is 0 Å². The van der Waals surface area contributed by atoms with E-state index < -0.39 is 27.9 Å². The first-order valence-corrected chi connectivity index (χ1v) is 10.4. The molecule has 1 aliphatic heterocycles. The van der Waals surface area contributed by atoms with E-state index in [0.29, 0.717) is 19.4 Å². The zero-order valence-electron chi connectivity index (χ0n) is 13.8. The van der Waals surface area contributed by atoms with Crippen LogP contribution in [0.15, 0.2) is 46.7 Å². The normalized spacial score (nSPS) is 17.4. The number of carbonyl (C=O) groups excluding carboxylic acids is 1. The molecule has 2 aromatic rings. The highest BCUT2D eigenvalue weighted by atomic mass is 32.2. The minimum atomic E-state index is -3.78. The Labute approximate surface area is 155 Å². The van der Waals surface area contributed by atoms with Gasteiger partial charge in [0.2, 0.25) is 10.0 Å². The molecule has 1 aliphatic rings. The number of aliphatic carboxylic acids is 1. The van der Waals surface area contributed by atoms with Crippen molar-refractivity contribution in [2.24, 2.45) is 0 Å². The van der Waals surface area contributed by atoms with Gasteiger partial charge in [-0.3, -0.25) is 4.79 Å². The summed E-state index contributed by atoms with van der Waals surface area (Å²) in [7, 11) is -3.78. The summed E-state index contributed by atoms with van der Waals surface area (Å²) in [6.07, 6.45) is 1.02. The fourth-order valence-corrected chi connectivity index (χ4v) is 4.68. The molecule has 1 atom stereocenters. The summed E-state index contributed by atoms with van der Waals surface area (Å²) in [5.41, 5.74) is 0.164. The molecule has 1 saturated heterocycles. The van der Waals surface area contributed by atoms with Crippen LogP contribution >= 0.6 is 11.3 Å². The number of thiophene rings is 1. The molecular weight excluding hydrogens is 376 g/mol. The standard InChI is InChI=1S/C17H18N2O5S2/c20-16(19-8-2-7-15(19)17(21)22)12-4-1-6-14(10-12)26(23,24)18-11-13-5-3-9-25-13/h1,3-6,9-10,15,18H,2,7-8,11H2,(H,21,22)/t15-/m0/s1. The lowest BCUT2D eigenvalue weighted by Crippen LogP contribution is -2.40. The molecule has 2 heterocycles. The number of rotatable bonds is 6. The zero-order chi connectivity index (χ0) is 18.7. The van der Waals surface area contributed by atoms with E-state index in [1.165, 1.54) is 40.5 Å². The summed E-state index contributed by atoms with van der Waals surface area (Å²) in [5, 5.41) is 11.1. The molecule has 2 N–H and O–H groups in total. The molecule has 0 saturated carbocycles. The van der Waals surface area contributed by atoms with Crippen molar-refractivity contribution in [3.63, 3.8) is 0 Å². The van der Waals surface area contributed by atoms with E-state index in [-0.39, 0.29) is 17.0 Å². The zero-order valence-corrected chi connectivity index (χ0v) is 15.4. The molecule has 138 valence electrons. The van der Waals surface area contributed by atoms with Gasteiger partial charge in [-0.25, -0.2) is 17.9 Å². The van der Waals surface area contributed by atoms with E-state index in [1.54, 1.807) is 0 Å². The minimum absolute atomic E-state index is 0.0222. The van der Waals surface area contributed by atoms with Crippen LogP contribution in [-0.4, -0.2) is 42.9 Å². The number of nitrogens with one attached hydrogen (secondary N) is 1. The quantitative estimate of drug-likeness (QED) is 0.779. The van der Waals surface area contributed by atoms with Gasteiger partial charge in [0.1, 0.15) is 6.04 Å². The highest BCUT2D eigenvalue weighted by molar-refractivity contribution is 7.89. The van der Waals surface area contributed by atoms with E-state index in [9.17, 15) is 23.1 Å². The number of sulfonamides is 1. The Morgan fingerprint density at radius 2 is 2.08 bits per heavy atom. The van der Waals surface area contributed by atoms with E-state index in [0.717, 1.165) is 4.88 Å². The van der Waals surface area contributed by atoms with Crippen molar-refractivity contribution in [2.45, 2.75) is 30.3 Å². The van der Waals surface area contributed by atoms with Gasteiger partial charge in [-0.1, -0.05) is 12.1 Å². The Balaban J connectivity index is 1.79. The molecular formula is C17H18N2O5S2. The number of likely N-dealkylation sites (tertiary alicyclic amines) is 1. The molecule has 0 bridgehead atoms. The maximum absolute atomic E-state index is 12.6. The van der Waals surface area contributed by atoms with Gasteiger partial charge in [-0.2, -0.15) is 0 Å². The van der Waals surface area contributed by atoms with Gasteiger partial charge in [-0.15, -0.1) is 11.3 Å². The highest BCUT2D eigenvalue weighted by Crippen LogP contribution is 2.22. The van der Waals surface area contributed by atoms with E-state index in [2.05, 4.69) is 4.72 Å². The van der Waals surface area contributed by atoms with Gasteiger partial charge in [0.25, 0.3) is 5.91 Å². The highest BCUT2D eigenvalue weighted by Gasteiger charge is 2.34. The lowest BCUT2D eigenvalue weighted by molar-refractivity contribution is -0.141. The third-order valence-corrected chi connectivity index (χ3v) is 6.48. The molecule has 3 rings (SSSR count). The number of amides is 1. The van der Waals surface area contributed by atoms with Crippen molar-refractivity contribution in [2.75, 3.05) is 6.54 Å². The van der Waals surface area contributed by atoms with Crippen molar-refractivity contribution in [3.05, 3.63) is 52.2 Å². The summed E-state index contributed by atoms with van der Waals surface area (Å²) < 4.78 is 27.4. The first-order chi connectivity index (χ1) is 12.4. The molecule has 7 nitrogen and oxygen atoms in total. The number of carboxylic acid groups (broad SMARTS) is 1. The number of hydrogen-bond acceptors (Lipinski definition) is 5. The van der Waals surface area contributed by atoms with Crippen molar-refractivity contribution < 1.29 is 23.1 Å². The SMILES string of the molecule is O=C(O)[C@@H]1CCCN1C(=O)c1cccc(S(=O)(=O)NCc2cccs2)c1. The Morgan fingerprint density at radius 3 is 2.77 bits per heavy atom. The fraction of sp³-hybridized carbons (Fsp3) is 0.294. The van der Waals surface area contributed by atoms with Gasteiger partial charge >= 0.3 is 5.97 Å². The second kappa shape index (κ2) is 7.56. The molecule has 1 aromatic heterocycles. The van der Waals surface area contributed by atoms with E-state index in [1.807, 2.05) is 17.5 Å². The third kappa shape index (κ3) is 3.95. The Morgan fingerprint density at radius 1 is 1.27 bits per heavy atom. The van der Waals surface area contributed by atoms with Crippen LogP contribution in [0.3, 0.4) is 0 Å². The number of carbonyl (C=O) groups is 2. The molecule has 1 amide bonds. The van der Waals surface area contributed by atoms with Crippen LogP contribution in [-0.2, 0) is 21.4 Å². The van der Waals surface area contributed by atoms with Crippen LogP contribution in [0, 0.1) is 0 Å². The molecule has 0 radical (unpaired) electrons. The average Bonchev–Trinajstić information content (AvgIpc) is 3.31. The van der Waals surface area contributed by atoms with Crippen LogP contribution < -0.4 is 4.72 Å². The first kappa shape index (κ1) is 18.6. The fourth-order valence-electron chi connectivity index (χ4n) is 2.89. The summed E-state index contributed by atoms with van der Waals surface area (Å²) in [6.45, 7) is 0.523. The Hall–Kier alpha value is -2.23.